The number of hydrogen-bond acceptors (Lipinski definition) is 4. The van der Waals surface area contributed by atoms with Crippen LogP contribution in [0, 0.1) is 0 Å². The molecule has 3 rings (SSSR count). The fourth-order valence-corrected chi connectivity index (χ4v) is 2.37. The number of amides is 1. The molecule has 1 heterocycles. The Morgan fingerprint density at radius 2 is 2.00 bits per heavy atom. The molecule has 0 aliphatic rings. The smallest absolute Gasteiger partial charge is 0.228 e. The van der Waals surface area contributed by atoms with Crippen molar-refractivity contribution >= 4 is 11.6 Å². The monoisotopic (exact) mass is 322 g/mol. The maximum Gasteiger partial charge on any atom is 0.228 e. The Labute approximate surface area is 140 Å². The highest BCUT2D eigenvalue weighted by molar-refractivity contribution is 5.92. The number of carbonyl (C=O) groups excluding carboxylic acids is 1. The highest BCUT2D eigenvalue weighted by Gasteiger charge is 2.05. The Morgan fingerprint density at radius 1 is 1.17 bits per heavy atom. The molecule has 0 fully saturated rings. The Balaban J connectivity index is 1.57. The maximum absolute atomic E-state index is 12.1. The first-order valence-electron chi connectivity index (χ1n) is 7.57. The summed E-state index contributed by atoms with van der Waals surface area (Å²) in [6.45, 7) is 0.651. The Hall–Kier alpha value is -3.15. The predicted octanol–water partition coefficient (Wildman–Crippen LogP) is 2.52. The van der Waals surface area contributed by atoms with Crippen LogP contribution in [0.1, 0.15) is 11.1 Å². The van der Waals surface area contributed by atoms with E-state index in [0.717, 1.165) is 22.6 Å². The summed E-state index contributed by atoms with van der Waals surface area (Å²) in [5, 5.41) is 6.97. The van der Waals surface area contributed by atoms with Gasteiger partial charge in [-0.25, -0.2) is 9.67 Å². The number of nitrogens with one attached hydrogen (secondary N) is 1. The molecule has 0 aliphatic carbocycles. The number of benzene rings is 2. The second-order valence-corrected chi connectivity index (χ2v) is 5.37. The molecule has 24 heavy (non-hydrogen) atoms. The van der Waals surface area contributed by atoms with Crippen LogP contribution in [-0.2, 0) is 17.8 Å². The largest absolute Gasteiger partial charge is 0.497 e. The molecule has 1 amide bonds. The van der Waals surface area contributed by atoms with E-state index in [1.165, 1.54) is 6.33 Å². The average molecular weight is 322 g/mol. The lowest BCUT2D eigenvalue weighted by atomic mass is 10.1. The number of nitrogens with zero attached hydrogens (tertiary/aromatic N) is 3. The molecule has 122 valence electrons. The summed E-state index contributed by atoms with van der Waals surface area (Å²) < 4.78 is 6.91. The van der Waals surface area contributed by atoms with Gasteiger partial charge in [0.1, 0.15) is 18.4 Å². The minimum atomic E-state index is -0.0627. The lowest BCUT2D eigenvalue weighted by molar-refractivity contribution is -0.115. The van der Waals surface area contributed by atoms with Crippen LogP contribution in [0.4, 0.5) is 5.69 Å². The predicted molar refractivity (Wildman–Crippen MR) is 90.9 cm³/mol. The number of carbonyl (C=O) groups is 1. The van der Waals surface area contributed by atoms with Gasteiger partial charge in [0.15, 0.2) is 0 Å². The van der Waals surface area contributed by atoms with Gasteiger partial charge in [-0.05, 0) is 35.4 Å². The third-order valence-electron chi connectivity index (χ3n) is 3.55. The van der Waals surface area contributed by atoms with E-state index in [1.807, 2.05) is 48.5 Å². The summed E-state index contributed by atoms with van der Waals surface area (Å²) in [5.74, 6) is 0.685. The molecule has 0 saturated heterocycles. The third kappa shape index (κ3) is 4.19. The van der Waals surface area contributed by atoms with Crippen molar-refractivity contribution in [3.05, 3.63) is 72.3 Å². The van der Waals surface area contributed by atoms with E-state index in [2.05, 4.69) is 15.4 Å². The zero-order valence-electron chi connectivity index (χ0n) is 13.3. The lowest BCUT2D eigenvalue weighted by Gasteiger charge is -2.08. The number of rotatable bonds is 6. The van der Waals surface area contributed by atoms with Crippen molar-refractivity contribution in [2.45, 2.75) is 13.0 Å². The van der Waals surface area contributed by atoms with Crippen LogP contribution in [0.5, 0.6) is 5.75 Å². The summed E-state index contributed by atoms with van der Waals surface area (Å²) >= 11 is 0. The molecule has 2 aromatic carbocycles. The first-order chi connectivity index (χ1) is 11.7. The van der Waals surface area contributed by atoms with Crippen molar-refractivity contribution in [2.75, 3.05) is 12.4 Å². The van der Waals surface area contributed by atoms with E-state index in [4.69, 9.17) is 4.74 Å². The van der Waals surface area contributed by atoms with Crippen LogP contribution in [0.2, 0.25) is 0 Å². The Morgan fingerprint density at radius 3 is 2.71 bits per heavy atom. The van der Waals surface area contributed by atoms with Gasteiger partial charge in [0.05, 0.1) is 20.1 Å². The lowest BCUT2D eigenvalue weighted by Crippen LogP contribution is -2.14. The Bertz CT molecular complexity index is 798. The summed E-state index contributed by atoms with van der Waals surface area (Å²) in [7, 11) is 1.61. The summed E-state index contributed by atoms with van der Waals surface area (Å²) in [6, 6.07) is 15.2. The number of aromatic nitrogens is 3. The van der Waals surface area contributed by atoms with Crippen molar-refractivity contribution in [1.82, 2.24) is 14.8 Å². The van der Waals surface area contributed by atoms with Crippen LogP contribution in [-0.4, -0.2) is 27.8 Å². The number of methoxy groups -OCH3 is 1. The van der Waals surface area contributed by atoms with Crippen LogP contribution >= 0.6 is 0 Å². The third-order valence-corrected chi connectivity index (χ3v) is 3.55. The van der Waals surface area contributed by atoms with Gasteiger partial charge < -0.3 is 10.1 Å². The maximum atomic E-state index is 12.1. The molecule has 0 unspecified atom stereocenters. The SMILES string of the molecule is COc1cccc(CC(=O)Nc2ccc(Cn3cncn3)cc2)c1. The van der Waals surface area contributed by atoms with Crippen molar-refractivity contribution in [3.8, 4) is 5.75 Å². The van der Waals surface area contributed by atoms with Crippen molar-refractivity contribution in [2.24, 2.45) is 0 Å². The molecule has 0 spiro atoms. The molecule has 3 aromatic rings. The minimum Gasteiger partial charge on any atom is -0.497 e. The van der Waals surface area contributed by atoms with Crippen molar-refractivity contribution in [1.29, 1.82) is 0 Å². The average Bonchev–Trinajstić information content (AvgIpc) is 3.10. The Kier molecular flexibility index (Phi) is 4.86. The molecule has 0 saturated carbocycles. The summed E-state index contributed by atoms with van der Waals surface area (Å²) in [4.78, 5) is 16.1. The van der Waals surface area contributed by atoms with Crippen LogP contribution in [0.25, 0.3) is 0 Å². The summed E-state index contributed by atoms with van der Waals surface area (Å²) in [6.07, 6.45) is 3.48. The van der Waals surface area contributed by atoms with E-state index in [-0.39, 0.29) is 5.91 Å². The van der Waals surface area contributed by atoms with Crippen LogP contribution < -0.4 is 10.1 Å². The first kappa shape index (κ1) is 15.7. The van der Waals surface area contributed by atoms with E-state index >= 15 is 0 Å². The number of hydrogen-bond donors (Lipinski definition) is 1. The topological polar surface area (TPSA) is 69.0 Å². The van der Waals surface area contributed by atoms with Gasteiger partial charge in [0, 0.05) is 5.69 Å². The molecular weight excluding hydrogens is 304 g/mol. The molecule has 0 aliphatic heterocycles. The van der Waals surface area contributed by atoms with Gasteiger partial charge in [-0.2, -0.15) is 5.10 Å². The van der Waals surface area contributed by atoms with Gasteiger partial charge in [0.2, 0.25) is 5.91 Å². The molecule has 1 aromatic heterocycles. The zero-order valence-corrected chi connectivity index (χ0v) is 13.3. The molecule has 0 bridgehead atoms. The van der Waals surface area contributed by atoms with E-state index < -0.39 is 0 Å². The minimum absolute atomic E-state index is 0.0627. The number of ether oxygens (including phenoxy) is 1. The second-order valence-electron chi connectivity index (χ2n) is 5.37. The fourth-order valence-electron chi connectivity index (χ4n) is 2.37. The summed E-state index contributed by atoms with van der Waals surface area (Å²) in [5.41, 5.74) is 2.77. The van der Waals surface area contributed by atoms with Crippen LogP contribution in [0.15, 0.2) is 61.2 Å². The van der Waals surface area contributed by atoms with Gasteiger partial charge in [-0.3, -0.25) is 4.79 Å². The molecular formula is C18H18N4O2. The normalized spacial score (nSPS) is 10.4. The fraction of sp³-hybridized carbons (Fsp3) is 0.167. The van der Waals surface area contributed by atoms with E-state index in [1.54, 1.807) is 18.1 Å². The van der Waals surface area contributed by atoms with Gasteiger partial charge >= 0.3 is 0 Å². The molecule has 6 nitrogen and oxygen atoms in total. The molecule has 1 N–H and O–H groups in total. The standard InChI is InChI=1S/C18H18N4O2/c1-24-17-4-2-3-15(9-17)10-18(23)21-16-7-5-14(6-8-16)11-22-13-19-12-20-22/h2-9,12-13H,10-11H2,1H3,(H,21,23). The van der Waals surface area contributed by atoms with Gasteiger partial charge in [0.25, 0.3) is 0 Å². The first-order valence-corrected chi connectivity index (χ1v) is 7.57. The zero-order chi connectivity index (χ0) is 16.8. The van der Waals surface area contributed by atoms with E-state index in [9.17, 15) is 4.79 Å². The number of anilines is 1. The second kappa shape index (κ2) is 7.41. The van der Waals surface area contributed by atoms with E-state index in [0.29, 0.717) is 13.0 Å². The van der Waals surface area contributed by atoms with Crippen LogP contribution in [0.3, 0.4) is 0 Å². The van der Waals surface area contributed by atoms with Gasteiger partial charge in [-0.1, -0.05) is 24.3 Å². The highest BCUT2D eigenvalue weighted by atomic mass is 16.5. The van der Waals surface area contributed by atoms with Crippen molar-refractivity contribution in [3.63, 3.8) is 0 Å². The molecule has 0 atom stereocenters. The highest BCUT2D eigenvalue weighted by Crippen LogP contribution is 2.15. The molecule has 6 heteroatoms. The van der Waals surface area contributed by atoms with Gasteiger partial charge in [-0.15, -0.1) is 0 Å². The molecule has 0 radical (unpaired) electrons. The quantitative estimate of drug-likeness (QED) is 0.757. The van der Waals surface area contributed by atoms with Crippen molar-refractivity contribution < 1.29 is 9.53 Å².